The highest BCUT2D eigenvalue weighted by molar-refractivity contribution is 6.10. The lowest BCUT2D eigenvalue weighted by Crippen LogP contribution is -2.35. The molecule has 4 nitrogen and oxygen atoms in total. The number of hydrogen-bond acceptors (Lipinski definition) is 2. The van der Waals surface area contributed by atoms with Gasteiger partial charge in [0.15, 0.2) is 0 Å². The molecule has 1 aliphatic heterocycles. The summed E-state index contributed by atoms with van der Waals surface area (Å²) < 4.78 is 2.31. The van der Waals surface area contributed by atoms with Crippen LogP contribution in [0.4, 0.5) is 5.69 Å². The summed E-state index contributed by atoms with van der Waals surface area (Å²) in [6.45, 7) is 4.02. The van der Waals surface area contributed by atoms with Gasteiger partial charge in [0.1, 0.15) is 0 Å². The van der Waals surface area contributed by atoms with Crippen molar-refractivity contribution in [2.75, 3.05) is 11.9 Å². The SMILES string of the molecule is CCn1c2ccccc2c2cc(NC(=O)[C@@H]3CCCN3)ccc21.Cl. The summed E-state index contributed by atoms with van der Waals surface area (Å²) in [5.74, 6) is 0.0704. The lowest BCUT2D eigenvalue weighted by molar-refractivity contribution is -0.117. The van der Waals surface area contributed by atoms with Crippen LogP contribution < -0.4 is 10.6 Å². The van der Waals surface area contributed by atoms with E-state index in [0.717, 1.165) is 31.6 Å². The van der Waals surface area contributed by atoms with E-state index >= 15 is 0 Å². The number of carbonyl (C=O) groups excluding carboxylic acids is 1. The first-order valence-corrected chi connectivity index (χ1v) is 8.33. The van der Waals surface area contributed by atoms with E-state index < -0.39 is 0 Å². The Bertz CT molecular complexity index is 881. The molecule has 1 atom stereocenters. The number of halogens is 1. The normalized spacial score (nSPS) is 17.1. The Morgan fingerprint density at radius 3 is 2.75 bits per heavy atom. The molecule has 4 rings (SSSR count). The minimum absolute atomic E-state index is 0. The van der Waals surface area contributed by atoms with E-state index in [0.29, 0.717) is 0 Å². The molecular weight excluding hydrogens is 322 g/mol. The molecule has 1 aliphatic rings. The van der Waals surface area contributed by atoms with Crippen molar-refractivity contribution in [3.05, 3.63) is 42.5 Å². The minimum Gasteiger partial charge on any atom is -0.341 e. The number of carbonyl (C=O) groups is 1. The Labute approximate surface area is 147 Å². The second-order valence-corrected chi connectivity index (χ2v) is 6.13. The van der Waals surface area contributed by atoms with E-state index in [1.165, 1.54) is 21.8 Å². The molecule has 2 aromatic carbocycles. The van der Waals surface area contributed by atoms with Crippen LogP contribution in [0.5, 0.6) is 0 Å². The predicted octanol–water partition coefficient (Wildman–Crippen LogP) is 3.93. The Morgan fingerprint density at radius 1 is 1.21 bits per heavy atom. The van der Waals surface area contributed by atoms with Crippen molar-refractivity contribution in [3.63, 3.8) is 0 Å². The van der Waals surface area contributed by atoms with Gasteiger partial charge in [-0.3, -0.25) is 4.79 Å². The van der Waals surface area contributed by atoms with Gasteiger partial charge in [-0.05, 0) is 50.6 Å². The van der Waals surface area contributed by atoms with E-state index in [-0.39, 0.29) is 24.4 Å². The predicted molar refractivity (Wildman–Crippen MR) is 102 cm³/mol. The molecule has 1 saturated heterocycles. The average molecular weight is 344 g/mol. The summed E-state index contributed by atoms with van der Waals surface area (Å²) in [7, 11) is 0. The van der Waals surface area contributed by atoms with Gasteiger partial charge in [-0.2, -0.15) is 0 Å². The van der Waals surface area contributed by atoms with Crippen LogP contribution in [0.25, 0.3) is 21.8 Å². The lowest BCUT2D eigenvalue weighted by Gasteiger charge is -2.11. The molecule has 1 aromatic heterocycles. The topological polar surface area (TPSA) is 46.1 Å². The molecule has 2 N–H and O–H groups in total. The van der Waals surface area contributed by atoms with E-state index in [4.69, 9.17) is 0 Å². The molecule has 24 heavy (non-hydrogen) atoms. The fraction of sp³-hybridized carbons (Fsp3) is 0.316. The number of para-hydroxylation sites is 1. The smallest absolute Gasteiger partial charge is 0.241 e. The zero-order valence-corrected chi connectivity index (χ0v) is 14.5. The molecule has 1 fully saturated rings. The van der Waals surface area contributed by atoms with Crippen LogP contribution in [-0.4, -0.2) is 23.1 Å². The molecule has 2 heterocycles. The first kappa shape index (κ1) is 16.8. The molecule has 0 saturated carbocycles. The van der Waals surface area contributed by atoms with Crippen molar-refractivity contribution in [2.45, 2.75) is 32.4 Å². The van der Waals surface area contributed by atoms with Gasteiger partial charge in [0, 0.05) is 34.0 Å². The monoisotopic (exact) mass is 343 g/mol. The van der Waals surface area contributed by atoms with Gasteiger partial charge < -0.3 is 15.2 Å². The van der Waals surface area contributed by atoms with Crippen LogP contribution in [-0.2, 0) is 11.3 Å². The van der Waals surface area contributed by atoms with Crippen LogP contribution in [0.1, 0.15) is 19.8 Å². The quantitative estimate of drug-likeness (QED) is 0.757. The van der Waals surface area contributed by atoms with Gasteiger partial charge >= 0.3 is 0 Å². The van der Waals surface area contributed by atoms with Gasteiger partial charge in [0.25, 0.3) is 0 Å². The summed E-state index contributed by atoms with van der Waals surface area (Å²) >= 11 is 0. The Kier molecular flexibility index (Phi) is 4.78. The van der Waals surface area contributed by atoms with Crippen LogP contribution in [0.15, 0.2) is 42.5 Å². The fourth-order valence-corrected chi connectivity index (χ4v) is 3.61. The maximum absolute atomic E-state index is 12.3. The standard InChI is InChI=1S/C19H21N3O.ClH/c1-2-22-17-8-4-3-6-14(17)15-12-13(9-10-18(15)22)21-19(23)16-7-5-11-20-16;/h3-4,6,8-10,12,16,20H,2,5,7,11H2,1H3,(H,21,23);1H/t16-;/m0./s1. The molecule has 0 bridgehead atoms. The van der Waals surface area contributed by atoms with Gasteiger partial charge in [0.05, 0.1) is 6.04 Å². The molecule has 0 unspecified atom stereocenters. The Balaban J connectivity index is 0.00000169. The molecule has 0 radical (unpaired) electrons. The van der Waals surface area contributed by atoms with Crippen molar-refractivity contribution in [3.8, 4) is 0 Å². The van der Waals surface area contributed by atoms with Crippen LogP contribution in [0.2, 0.25) is 0 Å². The third kappa shape index (κ3) is 2.76. The molecule has 5 heteroatoms. The minimum atomic E-state index is -0.0531. The van der Waals surface area contributed by atoms with Gasteiger partial charge in [-0.1, -0.05) is 18.2 Å². The van der Waals surface area contributed by atoms with Crippen molar-refractivity contribution >= 4 is 45.8 Å². The average Bonchev–Trinajstić information content (AvgIpc) is 3.21. The van der Waals surface area contributed by atoms with Crippen LogP contribution in [0.3, 0.4) is 0 Å². The number of rotatable bonds is 3. The number of aryl methyl sites for hydroxylation is 1. The van der Waals surface area contributed by atoms with Crippen LogP contribution in [0, 0.1) is 0 Å². The van der Waals surface area contributed by atoms with E-state index in [1.54, 1.807) is 0 Å². The summed E-state index contributed by atoms with van der Waals surface area (Å²) in [6.07, 6.45) is 1.99. The number of hydrogen-bond donors (Lipinski definition) is 2. The molecule has 1 amide bonds. The second-order valence-electron chi connectivity index (χ2n) is 6.13. The van der Waals surface area contributed by atoms with E-state index in [2.05, 4.69) is 58.5 Å². The van der Waals surface area contributed by atoms with Crippen molar-refractivity contribution in [1.82, 2.24) is 9.88 Å². The fourth-order valence-electron chi connectivity index (χ4n) is 3.61. The number of anilines is 1. The van der Waals surface area contributed by atoms with Crippen molar-refractivity contribution in [1.29, 1.82) is 0 Å². The zero-order valence-electron chi connectivity index (χ0n) is 13.7. The molecule has 0 aliphatic carbocycles. The Morgan fingerprint density at radius 2 is 2.00 bits per heavy atom. The molecule has 3 aromatic rings. The third-order valence-electron chi connectivity index (χ3n) is 4.73. The number of nitrogens with one attached hydrogen (secondary N) is 2. The first-order valence-electron chi connectivity index (χ1n) is 8.33. The summed E-state index contributed by atoms with van der Waals surface area (Å²) in [6, 6.07) is 14.6. The second kappa shape index (κ2) is 6.83. The van der Waals surface area contributed by atoms with Crippen molar-refractivity contribution in [2.24, 2.45) is 0 Å². The highest BCUT2D eigenvalue weighted by Crippen LogP contribution is 2.31. The number of nitrogens with zero attached hydrogens (tertiary/aromatic N) is 1. The molecule has 126 valence electrons. The number of benzene rings is 2. The van der Waals surface area contributed by atoms with E-state index in [9.17, 15) is 4.79 Å². The third-order valence-corrected chi connectivity index (χ3v) is 4.73. The summed E-state index contributed by atoms with van der Waals surface area (Å²) in [5, 5.41) is 8.73. The van der Waals surface area contributed by atoms with Gasteiger partial charge in [-0.15, -0.1) is 12.4 Å². The first-order chi connectivity index (χ1) is 11.3. The number of fused-ring (bicyclic) bond motifs is 3. The number of amides is 1. The maximum atomic E-state index is 12.3. The largest absolute Gasteiger partial charge is 0.341 e. The maximum Gasteiger partial charge on any atom is 0.241 e. The van der Waals surface area contributed by atoms with Crippen LogP contribution >= 0.6 is 12.4 Å². The molecular formula is C19H22ClN3O. The van der Waals surface area contributed by atoms with Gasteiger partial charge in [0.2, 0.25) is 5.91 Å². The molecule has 0 spiro atoms. The lowest BCUT2D eigenvalue weighted by atomic mass is 10.1. The van der Waals surface area contributed by atoms with Gasteiger partial charge in [-0.25, -0.2) is 0 Å². The number of aromatic nitrogens is 1. The van der Waals surface area contributed by atoms with E-state index in [1.807, 2.05) is 6.07 Å². The highest BCUT2D eigenvalue weighted by Gasteiger charge is 2.22. The summed E-state index contributed by atoms with van der Waals surface area (Å²) in [4.78, 5) is 12.3. The Hall–Kier alpha value is -2.04. The summed E-state index contributed by atoms with van der Waals surface area (Å²) in [5.41, 5.74) is 3.33. The highest BCUT2D eigenvalue weighted by atomic mass is 35.5. The van der Waals surface area contributed by atoms with Crippen molar-refractivity contribution < 1.29 is 4.79 Å². The zero-order chi connectivity index (χ0) is 15.8.